The van der Waals surface area contributed by atoms with Crippen LogP contribution in [0.3, 0.4) is 0 Å². The number of hydrogen-bond donors (Lipinski definition) is 0. The van der Waals surface area contributed by atoms with Crippen LogP contribution >= 0.6 is 34.2 Å². The van der Waals surface area contributed by atoms with Gasteiger partial charge in [-0.2, -0.15) is 0 Å². The van der Waals surface area contributed by atoms with Crippen molar-refractivity contribution in [1.29, 1.82) is 0 Å². The summed E-state index contributed by atoms with van der Waals surface area (Å²) in [4.78, 5) is 11.0. The monoisotopic (exact) mass is 308 g/mol. The molecule has 1 rings (SSSR count). The van der Waals surface area contributed by atoms with Gasteiger partial charge in [0, 0.05) is 3.57 Å². The summed E-state index contributed by atoms with van der Waals surface area (Å²) in [6, 6.07) is 5.93. The molecule has 0 amide bonds. The molecule has 0 aliphatic rings. The van der Waals surface area contributed by atoms with Crippen LogP contribution in [0.25, 0.3) is 0 Å². The van der Waals surface area contributed by atoms with Crippen molar-refractivity contribution in [3.63, 3.8) is 0 Å². The minimum Gasteiger partial charge on any atom is -0.298 e. The highest BCUT2D eigenvalue weighted by atomic mass is 127. The molecule has 0 saturated heterocycles. The molecule has 0 radical (unpaired) electrons. The van der Waals surface area contributed by atoms with Crippen LogP contribution in [-0.2, 0) is 4.79 Å². The first-order chi connectivity index (χ1) is 6.00. The van der Waals surface area contributed by atoms with Crippen molar-refractivity contribution in [3.05, 3.63) is 32.9 Å². The Morgan fingerprint density at radius 2 is 2.08 bits per heavy atom. The smallest absolute Gasteiger partial charge is 0.152 e. The lowest BCUT2D eigenvalue weighted by Crippen LogP contribution is -2.02. The second kappa shape index (κ2) is 4.42. The maximum absolute atomic E-state index is 11.0. The second-order valence-electron chi connectivity index (χ2n) is 3.04. The van der Waals surface area contributed by atoms with E-state index in [9.17, 15) is 4.79 Å². The fourth-order valence-electron chi connectivity index (χ4n) is 1.15. The van der Waals surface area contributed by atoms with Crippen molar-refractivity contribution >= 4 is 40.0 Å². The molecule has 3 heteroatoms. The number of benzene rings is 1. The average molecular weight is 309 g/mol. The molecular formula is C10H10ClIO. The van der Waals surface area contributed by atoms with Gasteiger partial charge in [0.1, 0.15) is 5.38 Å². The highest BCUT2D eigenvalue weighted by Gasteiger charge is 2.13. The van der Waals surface area contributed by atoms with Crippen LogP contribution in [0, 0.1) is 10.5 Å². The Balaban J connectivity index is 3.07. The fourth-order valence-corrected chi connectivity index (χ4v) is 2.12. The highest BCUT2D eigenvalue weighted by Crippen LogP contribution is 2.24. The van der Waals surface area contributed by atoms with Crippen molar-refractivity contribution in [3.8, 4) is 0 Å². The van der Waals surface area contributed by atoms with Gasteiger partial charge in [-0.25, -0.2) is 0 Å². The number of halogens is 2. The van der Waals surface area contributed by atoms with Gasteiger partial charge in [-0.3, -0.25) is 4.79 Å². The molecule has 1 aromatic carbocycles. The summed E-state index contributed by atoms with van der Waals surface area (Å²) in [5.74, 6) is -0.0110. The predicted molar refractivity (Wildman–Crippen MR) is 63.2 cm³/mol. The summed E-state index contributed by atoms with van der Waals surface area (Å²) in [6.45, 7) is 3.50. The molecule has 1 aromatic rings. The minimum absolute atomic E-state index is 0.0110. The predicted octanol–water partition coefficient (Wildman–Crippen LogP) is 3.47. The first-order valence-corrected chi connectivity index (χ1v) is 5.44. The third-order valence-electron chi connectivity index (χ3n) is 1.71. The van der Waals surface area contributed by atoms with Crippen LogP contribution < -0.4 is 0 Å². The highest BCUT2D eigenvalue weighted by molar-refractivity contribution is 14.1. The quantitative estimate of drug-likeness (QED) is 0.604. The molecule has 0 fully saturated rings. The molecule has 13 heavy (non-hydrogen) atoms. The van der Waals surface area contributed by atoms with Gasteiger partial charge in [0.25, 0.3) is 0 Å². The summed E-state index contributed by atoms with van der Waals surface area (Å²) < 4.78 is 1.11. The molecule has 1 nitrogen and oxygen atoms in total. The maximum Gasteiger partial charge on any atom is 0.152 e. The zero-order valence-electron chi connectivity index (χ0n) is 7.47. The first kappa shape index (κ1) is 11.0. The number of carbonyl (C=O) groups excluding carboxylic acids is 1. The van der Waals surface area contributed by atoms with Crippen LogP contribution in [0.1, 0.15) is 23.4 Å². The zero-order chi connectivity index (χ0) is 10.0. The van der Waals surface area contributed by atoms with Crippen LogP contribution in [0.15, 0.2) is 18.2 Å². The third kappa shape index (κ3) is 2.95. The number of carbonyl (C=O) groups is 1. The summed E-state index contributed by atoms with van der Waals surface area (Å²) >= 11 is 8.15. The van der Waals surface area contributed by atoms with E-state index in [0.29, 0.717) is 0 Å². The molecule has 0 aliphatic heterocycles. The third-order valence-corrected chi connectivity index (χ3v) is 2.90. The van der Waals surface area contributed by atoms with Gasteiger partial charge in [-0.05, 0) is 59.7 Å². The Morgan fingerprint density at radius 1 is 1.46 bits per heavy atom. The van der Waals surface area contributed by atoms with E-state index in [1.165, 1.54) is 6.92 Å². The normalized spacial score (nSPS) is 12.6. The maximum atomic E-state index is 11.0. The van der Waals surface area contributed by atoms with E-state index in [0.717, 1.165) is 14.7 Å². The van der Waals surface area contributed by atoms with E-state index in [1.807, 2.05) is 25.1 Å². The number of alkyl halides is 1. The summed E-state index contributed by atoms with van der Waals surface area (Å²) in [5, 5.41) is -0.506. The van der Waals surface area contributed by atoms with Crippen LogP contribution in [-0.4, -0.2) is 5.78 Å². The minimum atomic E-state index is -0.506. The van der Waals surface area contributed by atoms with Crippen LogP contribution in [0.2, 0.25) is 0 Å². The molecule has 1 unspecified atom stereocenters. The van der Waals surface area contributed by atoms with E-state index >= 15 is 0 Å². The van der Waals surface area contributed by atoms with E-state index in [4.69, 9.17) is 11.6 Å². The van der Waals surface area contributed by atoms with Gasteiger partial charge in [-0.1, -0.05) is 6.07 Å². The topological polar surface area (TPSA) is 17.1 Å². The van der Waals surface area contributed by atoms with Gasteiger partial charge in [-0.15, -0.1) is 11.6 Å². The molecule has 0 heterocycles. The molecule has 70 valence electrons. The number of Topliss-reactive ketones (excluding diaryl/α,β-unsaturated/α-hetero) is 1. The largest absolute Gasteiger partial charge is 0.298 e. The molecular weight excluding hydrogens is 298 g/mol. The number of aryl methyl sites for hydroxylation is 1. The standard InChI is InChI=1S/C10H10ClIO/c1-6-3-8(5-9(12)4-6)10(11)7(2)13/h3-5,10H,1-2H3. The molecule has 0 spiro atoms. The molecule has 0 aliphatic carbocycles. The number of rotatable bonds is 2. The Kier molecular flexibility index (Phi) is 3.74. The van der Waals surface area contributed by atoms with Crippen molar-refractivity contribution in [2.75, 3.05) is 0 Å². The van der Waals surface area contributed by atoms with Gasteiger partial charge < -0.3 is 0 Å². The van der Waals surface area contributed by atoms with Crippen molar-refractivity contribution < 1.29 is 4.79 Å². The second-order valence-corrected chi connectivity index (χ2v) is 4.72. The lowest BCUT2D eigenvalue weighted by atomic mass is 10.1. The lowest BCUT2D eigenvalue weighted by Gasteiger charge is -2.07. The van der Waals surface area contributed by atoms with Crippen molar-refractivity contribution in [2.45, 2.75) is 19.2 Å². The first-order valence-electron chi connectivity index (χ1n) is 3.92. The Labute approximate surface area is 96.6 Å². The Hall–Kier alpha value is -0.0900. The average Bonchev–Trinajstić information content (AvgIpc) is 2.01. The number of hydrogen-bond acceptors (Lipinski definition) is 1. The lowest BCUT2D eigenvalue weighted by molar-refractivity contribution is -0.116. The molecule has 0 N–H and O–H groups in total. The van der Waals surface area contributed by atoms with Gasteiger partial charge in [0.15, 0.2) is 5.78 Å². The molecule has 0 saturated carbocycles. The number of ketones is 1. The summed E-state index contributed by atoms with van der Waals surface area (Å²) in [5.41, 5.74) is 2.02. The Morgan fingerprint density at radius 3 is 2.54 bits per heavy atom. The molecule has 0 aromatic heterocycles. The van der Waals surface area contributed by atoms with E-state index < -0.39 is 5.38 Å². The van der Waals surface area contributed by atoms with E-state index in [1.54, 1.807) is 0 Å². The zero-order valence-corrected chi connectivity index (χ0v) is 10.4. The van der Waals surface area contributed by atoms with E-state index in [-0.39, 0.29) is 5.78 Å². The SMILES string of the molecule is CC(=O)C(Cl)c1cc(C)cc(I)c1. The molecule has 0 bridgehead atoms. The van der Waals surface area contributed by atoms with Crippen LogP contribution in [0.5, 0.6) is 0 Å². The van der Waals surface area contributed by atoms with E-state index in [2.05, 4.69) is 22.6 Å². The van der Waals surface area contributed by atoms with Gasteiger partial charge >= 0.3 is 0 Å². The van der Waals surface area contributed by atoms with Crippen LogP contribution in [0.4, 0.5) is 0 Å². The summed E-state index contributed by atoms with van der Waals surface area (Å²) in [7, 11) is 0. The van der Waals surface area contributed by atoms with Crippen molar-refractivity contribution in [1.82, 2.24) is 0 Å². The fraction of sp³-hybridized carbons (Fsp3) is 0.300. The summed E-state index contributed by atoms with van der Waals surface area (Å²) in [6.07, 6.45) is 0. The van der Waals surface area contributed by atoms with Gasteiger partial charge in [0.05, 0.1) is 0 Å². The molecule has 1 atom stereocenters. The Bertz CT molecular complexity index is 315. The van der Waals surface area contributed by atoms with Gasteiger partial charge in [0.2, 0.25) is 0 Å². The van der Waals surface area contributed by atoms with Crippen molar-refractivity contribution in [2.24, 2.45) is 0 Å².